The third kappa shape index (κ3) is 6.98. The number of hydrogen-bond donors (Lipinski definition) is 2. The van der Waals surface area contributed by atoms with Crippen molar-refractivity contribution in [3.8, 4) is 0 Å². The molecule has 4 heteroatoms. The normalized spacial score (nSPS) is 12.2. The number of benzene rings is 2. The first kappa shape index (κ1) is 19.0. The van der Waals surface area contributed by atoms with Gasteiger partial charge in [0.2, 0.25) is 0 Å². The maximum absolute atomic E-state index is 12.1. The molecule has 1 unspecified atom stereocenters. The molecule has 1 atom stereocenters. The summed E-state index contributed by atoms with van der Waals surface area (Å²) in [5.41, 5.74) is 2.38. The van der Waals surface area contributed by atoms with Gasteiger partial charge in [-0.25, -0.2) is 4.79 Å². The van der Waals surface area contributed by atoms with E-state index in [-0.39, 0.29) is 12.1 Å². The molecule has 0 saturated heterocycles. The Kier molecular flexibility index (Phi) is 7.48. The molecule has 2 rings (SSSR count). The number of urea groups is 1. The molecule has 2 N–H and O–H groups in total. The Morgan fingerprint density at radius 2 is 1.48 bits per heavy atom. The first-order valence-electron chi connectivity index (χ1n) is 8.91. The number of amides is 2. The largest absolute Gasteiger partial charge is 0.334 e. The molecule has 0 spiro atoms. The summed E-state index contributed by atoms with van der Waals surface area (Å²) in [5.74, 6) is 0. The van der Waals surface area contributed by atoms with Crippen LogP contribution in [0.1, 0.15) is 31.9 Å². The minimum atomic E-state index is -0.125. The van der Waals surface area contributed by atoms with Crippen LogP contribution in [0.3, 0.4) is 0 Å². The van der Waals surface area contributed by atoms with E-state index < -0.39 is 0 Å². The van der Waals surface area contributed by atoms with Crippen LogP contribution in [-0.2, 0) is 13.1 Å². The summed E-state index contributed by atoms with van der Waals surface area (Å²) in [5, 5.41) is 5.94. The molecule has 0 aliphatic carbocycles. The fourth-order valence-electron chi connectivity index (χ4n) is 2.73. The minimum absolute atomic E-state index is 0.0712. The smallest absolute Gasteiger partial charge is 0.315 e. The number of nitrogens with zero attached hydrogens (tertiary/aromatic N) is 1. The number of rotatable bonds is 8. The molecule has 0 bridgehead atoms. The Labute approximate surface area is 151 Å². The highest BCUT2D eigenvalue weighted by atomic mass is 16.2. The van der Waals surface area contributed by atoms with Gasteiger partial charge in [0.05, 0.1) is 0 Å². The van der Waals surface area contributed by atoms with E-state index in [4.69, 9.17) is 0 Å². The number of hydrogen-bond acceptors (Lipinski definition) is 2. The highest BCUT2D eigenvalue weighted by Crippen LogP contribution is 2.09. The lowest BCUT2D eigenvalue weighted by molar-refractivity contribution is 0.189. The SMILES string of the molecule is CC(CN(Cc1ccccc1)C(C)C)NC(=O)NCc1ccccc1. The third-order valence-electron chi connectivity index (χ3n) is 4.14. The van der Waals surface area contributed by atoms with Crippen molar-refractivity contribution in [2.24, 2.45) is 0 Å². The quantitative estimate of drug-likeness (QED) is 0.768. The molecular weight excluding hydrogens is 310 g/mol. The van der Waals surface area contributed by atoms with E-state index in [1.165, 1.54) is 5.56 Å². The first-order valence-corrected chi connectivity index (χ1v) is 8.91. The second-order valence-corrected chi connectivity index (χ2v) is 6.72. The molecule has 0 fully saturated rings. The zero-order chi connectivity index (χ0) is 18.1. The van der Waals surface area contributed by atoms with Gasteiger partial charge in [0.25, 0.3) is 0 Å². The second-order valence-electron chi connectivity index (χ2n) is 6.72. The molecule has 2 amide bonds. The van der Waals surface area contributed by atoms with Crippen LogP contribution < -0.4 is 10.6 Å². The summed E-state index contributed by atoms with van der Waals surface area (Å²) >= 11 is 0. The van der Waals surface area contributed by atoms with E-state index in [0.29, 0.717) is 12.6 Å². The fraction of sp³-hybridized carbons (Fsp3) is 0.381. The standard InChI is InChI=1S/C21H29N3O/c1-17(2)24(16-20-12-8-5-9-13-20)15-18(3)23-21(25)22-14-19-10-6-4-7-11-19/h4-13,17-18H,14-16H2,1-3H3,(H2,22,23,25). The van der Waals surface area contributed by atoms with Crippen molar-refractivity contribution in [1.29, 1.82) is 0 Å². The van der Waals surface area contributed by atoms with Crippen LogP contribution in [0.4, 0.5) is 4.79 Å². The molecule has 0 aliphatic rings. The average molecular weight is 339 g/mol. The third-order valence-corrected chi connectivity index (χ3v) is 4.14. The minimum Gasteiger partial charge on any atom is -0.334 e. The van der Waals surface area contributed by atoms with Crippen molar-refractivity contribution in [2.75, 3.05) is 6.54 Å². The van der Waals surface area contributed by atoms with Crippen molar-refractivity contribution >= 4 is 6.03 Å². The van der Waals surface area contributed by atoms with Crippen molar-refractivity contribution in [2.45, 2.75) is 45.9 Å². The molecule has 2 aromatic carbocycles. The van der Waals surface area contributed by atoms with Crippen LogP contribution in [0.25, 0.3) is 0 Å². The summed E-state index contributed by atoms with van der Waals surface area (Å²) in [6.07, 6.45) is 0. The van der Waals surface area contributed by atoms with Gasteiger partial charge in [0, 0.05) is 31.7 Å². The lowest BCUT2D eigenvalue weighted by Crippen LogP contribution is -2.47. The van der Waals surface area contributed by atoms with E-state index in [1.807, 2.05) is 43.3 Å². The average Bonchev–Trinajstić information content (AvgIpc) is 2.61. The Morgan fingerprint density at radius 3 is 2.04 bits per heavy atom. The van der Waals surface area contributed by atoms with Gasteiger partial charge in [0.1, 0.15) is 0 Å². The Balaban J connectivity index is 1.79. The van der Waals surface area contributed by atoms with Gasteiger partial charge < -0.3 is 10.6 Å². The van der Waals surface area contributed by atoms with E-state index in [2.05, 4.69) is 53.6 Å². The number of carbonyl (C=O) groups is 1. The molecule has 0 heterocycles. The summed E-state index contributed by atoms with van der Waals surface area (Å²) in [6, 6.07) is 20.7. The molecule has 0 radical (unpaired) electrons. The van der Waals surface area contributed by atoms with Crippen LogP contribution in [0, 0.1) is 0 Å². The van der Waals surface area contributed by atoms with E-state index in [0.717, 1.165) is 18.7 Å². The summed E-state index contributed by atoms with van der Waals surface area (Å²) in [6.45, 7) is 8.65. The summed E-state index contributed by atoms with van der Waals surface area (Å²) < 4.78 is 0. The van der Waals surface area contributed by atoms with Crippen LogP contribution >= 0.6 is 0 Å². The molecule has 0 aromatic heterocycles. The Morgan fingerprint density at radius 1 is 0.920 bits per heavy atom. The zero-order valence-electron chi connectivity index (χ0n) is 15.4. The van der Waals surface area contributed by atoms with E-state index in [1.54, 1.807) is 0 Å². The van der Waals surface area contributed by atoms with Crippen LogP contribution in [-0.4, -0.2) is 29.6 Å². The molecule has 0 saturated carbocycles. The van der Waals surface area contributed by atoms with Gasteiger partial charge in [-0.05, 0) is 31.9 Å². The van der Waals surface area contributed by atoms with Crippen molar-refractivity contribution < 1.29 is 4.79 Å². The maximum Gasteiger partial charge on any atom is 0.315 e. The number of nitrogens with one attached hydrogen (secondary N) is 2. The lowest BCUT2D eigenvalue weighted by atomic mass is 10.1. The first-order chi connectivity index (χ1) is 12.0. The highest BCUT2D eigenvalue weighted by Gasteiger charge is 2.15. The maximum atomic E-state index is 12.1. The van der Waals surface area contributed by atoms with Gasteiger partial charge in [0.15, 0.2) is 0 Å². The fourth-order valence-corrected chi connectivity index (χ4v) is 2.73. The van der Waals surface area contributed by atoms with Crippen LogP contribution in [0.5, 0.6) is 0 Å². The van der Waals surface area contributed by atoms with Gasteiger partial charge in [-0.3, -0.25) is 4.90 Å². The van der Waals surface area contributed by atoms with Crippen molar-refractivity contribution in [3.05, 3.63) is 71.8 Å². The predicted molar refractivity (Wildman–Crippen MR) is 103 cm³/mol. The van der Waals surface area contributed by atoms with Gasteiger partial charge in [-0.1, -0.05) is 60.7 Å². The van der Waals surface area contributed by atoms with E-state index in [9.17, 15) is 4.79 Å². The molecule has 134 valence electrons. The van der Waals surface area contributed by atoms with Crippen LogP contribution in [0.2, 0.25) is 0 Å². The molecule has 0 aliphatic heterocycles. The van der Waals surface area contributed by atoms with E-state index >= 15 is 0 Å². The molecule has 2 aromatic rings. The topological polar surface area (TPSA) is 44.4 Å². The second kappa shape index (κ2) is 9.84. The monoisotopic (exact) mass is 339 g/mol. The van der Waals surface area contributed by atoms with Crippen molar-refractivity contribution in [3.63, 3.8) is 0 Å². The molecule has 4 nitrogen and oxygen atoms in total. The highest BCUT2D eigenvalue weighted by molar-refractivity contribution is 5.74. The lowest BCUT2D eigenvalue weighted by Gasteiger charge is -2.29. The molecule has 25 heavy (non-hydrogen) atoms. The van der Waals surface area contributed by atoms with Gasteiger partial charge in [-0.2, -0.15) is 0 Å². The predicted octanol–water partition coefficient (Wildman–Crippen LogP) is 3.78. The summed E-state index contributed by atoms with van der Waals surface area (Å²) in [4.78, 5) is 14.5. The molecular formula is C21H29N3O. The Bertz CT molecular complexity index is 628. The van der Waals surface area contributed by atoms with Crippen LogP contribution in [0.15, 0.2) is 60.7 Å². The zero-order valence-corrected chi connectivity index (χ0v) is 15.4. The van der Waals surface area contributed by atoms with Gasteiger partial charge >= 0.3 is 6.03 Å². The number of carbonyl (C=O) groups excluding carboxylic acids is 1. The Hall–Kier alpha value is -2.33. The summed E-state index contributed by atoms with van der Waals surface area (Å²) in [7, 11) is 0. The van der Waals surface area contributed by atoms with Crippen molar-refractivity contribution in [1.82, 2.24) is 15.5 Å². The van der Waals surface area contributed by atoms with Gasteiger partial charge in [-0.15, -0.1) is 0 Å².